The van der Waals surface area contributed by atoms with Gasteiger partial charge in [0.25, 0.3) is 0 Å². The predicted octanol–water partition coefficient (Wildman–Crippen LogP) is 4.44. The topological polar surface area (TPSA) is 84.1 Å². The number of hydrogen-bond donors (Lipinski definition) is 2. The van der Waals surface area contributed by atoms with Gasteiger partial charge in [-0.3, -0.25) is 4.79 Å². The number of benzene rings is 1. The summed E-state index contributed by atoms with van der Waals surface area (Å²) in [5, 5.41) is 4.12. The lowest BCUT2D eigenvalue weighted by Crippen LogP contribution is -2.34. The first-order valence-electron chi connectivity index (χ1n) is 10.3. The zero-order chi connectivity index (χ0) is 21.6. The molecule has 2 aromatic rings. The normalized spacial score (nSPS) is 19.8. The predicted molar refractivity (Wildman–Crippen MR) is 124 cm³/mol. The molecule has 30 heavy (non-hydrogen) atoms. The van der Waals surface area contributed by atoms with Crippen molar-refractivity contribution in [2.75, 3.05) is 35.8 Å². The van der Waals surface area contributed by atoms with E-state index in [9.17, 15) is 4.79 Å². The molecule has 0 fully saturated rings. The summed E-state index contributed by atoms with van der Waals surface area (Å²) in [6, 6.07) is 8.32. The van der Waals surface area contributed by atoms with Crippen LogP contribution in [0.2, 0.25) is 0 Å². The van der Waals surface area contributed by atoms with E-state index in [1.807, 2.05) is 14.1 Å². The first-order valence-corrected chi connectivity index (χ1v) is 11.3. The van der Waals surface area contributed by atoms with Crippen LogP contribution in [-0.2, 0) is 4.79 Å². The maximum Gasteiger partial charge on any atom is 0.191 e. The molecule has 1 aromatic heterocycles. The van der Waals surface area contributed by atoms with Gasteiger partial charge in [0.05, 0.1) is 0 Å². The van der Waals surface area contributed by atoms with Crippen molar-refractivity contribution in [2.24, 2.45) is 5.41 Å². The van der Waals surface area contributed by atoms with Crippen molar-refractivity contribution in [2.45, 2.75) is 44.7 Å². The molecular weight excluding hydrogens is 394 g/mol. The van der Waals surface area contributed by atoms with Gasteiger partial charge in [-0.2, -0.15) is 0 Å². The van der Waals surface area contributed by atoms with Crippen LogP contribution >= 0.6 is 11.8 Å². The molecule has 1 aliphatic carbocycles. The van der Waals surface area contributed by atoms with E-state index in [2.05, 4.69) is 60.2 Å². The number of carbonyl (C=O) groups excluding carboxylic acids is 1. The van der Waals surface area contributed by atoms with Crippen LogP contribution in [0.3, 0.4) is 0 Å². The third kappa shape index (κ3) is 3.67. The summed E-state index contributed by atoms with van der Waals surface area (Å²) >= 11 is 1.56. The van der Waals surface area contributed by atoms with Crippen molar-refractivity contribution in [3.63, 3.8) is 0 Å². The number of nitrogen functional groups attached to an aromatic ring is 1. The largest absolute Gasteiger partial charge is 0.383 e. The quantitative estimate of drug-likeness (QED) is 0.555. The van der Waals surface area contributed by atoms with E-state index in [-0.39, 0.29) is 17.1 Å². The van der Waals surface area contributed by atoms with E-state index in [4.69, 9.17) is 10.7 Å². The zero-order valence-corrected chi connectivity index (χ0v) is 19.1. The summed E-state index contributed by atoms with van der Waals surface area (Å²) in [5.74, 6) is 1.95. The number of nitrogens with zero attached hydrogens (tertiary/aromatic N) is 3. The average molecular weight is 424 g/mol. The number of aromatic nitrogens is 2. The summed E-state index contributed by atoms with van der Waals surface area (Å²) in [5.41, 5.74) is 11.1. The minimum atomic E-state index is -0.253. The Morgan fingerprint density at radius 2 is 1.90 bits per heavy atom. The molecule has 1 aliphatic heterocycles. The smallest absolute Gasteiger partial charge is 0.191 e. The van der Waals surface area contributed by atoms with E-state index in [0.29, 0.717) is 17.4 Å². The SMILES string of the molecule is CCSc1nc(N)c2c(n1)NC1=C(C(=O)CC(C)(C)C1)[C@H]2c1ccc(N(C)C)cc1. The number of fused-ring (bicyclic) bond motifs is 1. The van der Waals surface area contributed by atoms with Crippen LogP contribution < -0.4 is 16.0 Å². The van der Waals surface area contributed by atoms with Gasteiger partial charge in [-0.25, -0.2) is 9.97 Å². The third-order valence-corrected chi connectivity index (χ3v) is 6.47. The maximum atomic E-state index is 13.3. The molecule has 1 aromatic carbocycles. The van der Waals surface area contributed by atoms with Crippen molar-refractivity contribution >= 4 is 34.9 Å². The zero-order valence-electron chi connectivity index (χ0n) is 18.2. The molecule has 4 rings (SSSR count). The van der Waals surface area contributed by atoms with Gasteiger partial charge < -0.3 is 16.0 Å². The fourth-order valence-electron chi connectivity index (χ4n) is 4.41. The molecule has 0 saturated carbocycles. The van der Waals surface area contributed by atoms with E-state index < -0.39 is 0 Å². The van der Waals surface area contributed by atoms with Gasteiger partial charge in [-0.05, 0) is 35.3 Å². The van der Waals surface area contributed by atoms with Gasteiger partial charge in [0.1, 0.15) is 11.6 Å². The van der Waals surface area contributed by atoms with Crippen molar-refractivity contribution < 1.29 is 4.79 Å². The number of ketones is 1. The second kappa shape index (κ2) is 7.61. The second-order valence-electron chi connectivity index (χ2n) is 8.96. The molecule has 3 N–H and O–H groups in total. The molecule has 0 bridgehead atoms. The number of thioether (sulfide) groups is 1. The van der Waals surface area contributed by atoms with E-state index >= 15 is 0 Å². The Morgan fingerprint density at radius 1 is 1.20 bits per heavy atom. The standard InChI is InChI=1S/C23H29N5OS/c1-6-30-22-26-20(24)19-17(13-7-9-14(10-8-13)28(4)5)18-15(25-21(19)27-22)11-23(2,3)12-16(18)29/h7-10,17H,6,11-12H2,1-5H3,(H3,24,25,26,27)/t17-/m1/s1. The van der Waals surface area contributed by atoms with Gasteiger partial charge >= 0.3 is 0 Å². The number of anilines is 3. The highest BCUT2D eigenvalue weighted by molar-refractivity contribution is 7.99. The van der Waals surface area contributed by atoms with Crippen LogP contribution in [0.4, 0.5) is 17.3 Å². The maximum absolute atomic E-state index is 13.3. The van der Waals surface area contributed by atoms with Gasteiger partial charge in [-0.1, -0.05) is 44.7 Å². The Balaban J connectivity index is 1.90. The summed E-state index contributed by atoms with van der Waals surface area (Å²) in [4.78, 5) is 24.7. The van der Waals surface area contributed by atoms with Crippen LogP contribution in [0.25, 0.3) is 0 Å². The van der Waals surface area contributed by atoms with Gasteiger partial charge in [0, 0.05) is 49.0 Å². The summed E-state index contributed by atoms with van der Waals surface area (Å²) in [6.45, 7) is 6.34. The molecule has 0 saturated heterocycles. The van der Waals surface area contributed by atoms with Crippen LogP contribution in [0.5, 0.6) is 0 Å². The first-order chi connectivity index (χ1) is 14.2. The molecule has 6 nitrogen and oxygen atoms in total. The molecule has 0 amide bonds. The Kier molecular flexibility index (Phi) is 5.26. The molecule has 0 spiro atoms. The molecular formula is C23H29N5OS. The van der Waals surface area contributed by atoms with Gasteiger partial charge in [-0.15, -0.1) is 0 Å². The summed E-state index contributed by atoms with van der Waals surface area (Å²) in [6.07, 6.45) is 1.33. The number of nitrogens with one attached hydrogen (secondary N) is 1. The van der Waals surface area contributed by atoms with E-state index in [0.717, 1.165) is 46.1 Å². The molecule has 1 atom stereocenters. The Labute approximate surface area is 182 Å². The minimum Gasteiger partial charge on any atom is -0.383 e. The lowest BCUT2D eigenvalue weighted by molar-refractivity contribution is -0.118. The monoisotopic (exact) mass is 423 g/mol. The molecule has 0 unspecified atom stereocenters. The molecule has 0 radical (unpaired) electrons. The number of nitrogens with two attached hydrogens (primary N) is 1. The van der Waals surface area contributed by atoms with Crippen molar-refractivity contribution in [1.82, 2.24) is 9.97 Å². The van der Waals surface area contributed by atoms with Crippen LogP contribution in [0, 0.1) is 5.41 Å². The highest BCUT2D eigenvalue weighted by atomic mass is 32.2. The Morgan fingerprint density at radius 3 is 2.53 bits per heavy atom. The van der Waals surface area contributed by atoms with Gasteiger partial charge in [0.15, 0.2) is 10.9 Å². The highest BCUT2D eigenvalue weighted by Crippen LogP contribution is 2.50. The summed E-state index contributed by atoms with van der Waals surface area (Å²) < 4.78 is 0. The molecule has 158 valence electrons. The average Bonchev–Trinajstić information content (AvgIpc) is 2.65. The van der Waals surface area contributed by atoms with Crippen molar-refractivity contribution in [1.29, 1.82) is 0 Å². The van der Waals surface area contributed by atoms with E-state index in [1.165, 1.54) is 0 Å². The number of Topliss-reactive ketones (excluding diaryl/α,β-unsaturated/α-hetero) is 1. The highest BCUT2D eigenvalue weighted by Gasteiger charge is 2.42. The molecule has 7 heteroatoms. The third-order valence-electron chi connectivity index (χ3n) is 5.74. The number of carbonyl (C=O) groups is 1. The molecule has 2 aliphatic rings. The Bertz CT molecular complexity index is 1030. The minimum absolute atomic E-state index is 0.0840. The fraction of sp³-hybridized carbons (Fsp3) is 0.435. The van der Waals surface area contributed by atoms with Crippen molar-refractivity contribution in [3.05, 3.63) is 46.7 Å². The number of hydrogen-bond acceptors (Lipinski definition) is 7. The number of allylic oxidation sites excluding steroid dienone is 2. The van der Waals surface area contributed by atoms with Crippen LogP contribution in [0.15, 0.2) is 40.7 Å². The van der Waals surface area contributed by atoms with Crippen molar-refractivity contribution in [3.8, 4) is 0 Å². The summed E-state index contributed by atoms with van der Waals surface area (Å²) in [7, 11) is 4.03. The van der Waals surface area contributed by atoms with Crippen LogP contribution in [-0.4, -0.2) is 35.6 Å². The van der Waals surface area contributed by atoms with Gasteiger partial charge in [0.2, 0.25) is 0 Å². The fourth-order valence-corrected chi connectivity index (χ4v) is 4.98. The first kappa shape index (κ1) is 20.7. The Hall–Kier alpha value is -2.54. The van der Waals surface area contributed by atoms with Crippen LogP contribution in [0.1, 0.15) is 50.7 Å². The molecule has 2 heterocycles. The number of rotatable bonds is 4. The lowest BCUT2D eigenvalue weighted by atomic mass is 9.69. The lowest BCUT2D eigenvalue weighted by Gasteiger charge is -2.39. The second-order valence-corrected chi connectivity index (χ2v) is 10.2. The van der Waals surface area contributed by atoms with E-state index in [1.54, 1.807) is 11.8 Å².